The smallest absolute Gasteiger partial charge is 0.0541 e. The monoisotopic (exact) mass is 729 g/mol. The van der Waals surface area contributed by atoms with Crippen LogP contribution in [0.5, 0.6) is 0 Å². The maximum Gasteiger partial charge on any atom is 0.0541 e. The molecule has 0 radical (unpaired) electrons. The molecule has 2 heterocycles. The lowest BCUT2D eigenvalue weighted by Crippen LogP contribution is -1.98. The second-order valence-corrected chi connectivity index (χ2v) is 15.4. The highest BCUT2D eigenvalue weighted by Crippen LogP contribution is 2.47. The second kappa shape index (κ2) is 13.4. The number of rotatable bonds is 6. The molecule has 0 saturated heterocycles. The van der Waals surface area contributed by atoms with Crippen molar-refractivity contribution in [2.45, 2.75) is 0 Å². The van der Waals surface area contributed by atoms with Crippen molar-refractivity contribution < 1.29 is 0 Å². The van der Waals surface area contributed by atoms with Gasteiger partial charge in [0.15, 0.2) is 0 Å². The number of nitrogens with zero attached hydrogens (tertiary/aromatic N) is 1. The number of thiophene rings is 1. The van der Waals surface area contributed by atoms with Crippen molar-refractivity contribution in [3.05, 3.63) is 212 Å². The lowest BCUT2D eigenvalue weighted by Gasteiger charge is -2.17. The molecule has 0 aliphatic heterocycles. The van der Waals surface area contributed by atoms with E-state index in [0.29, 0.717) is 0 Å². The third kappa shape index (κ3) is 5.30. The van der Waals surface area contributed by atoms with Crippen molar-refractivity contribution in [3.63, 3.8) is 0 Å². The van der Waals surface area contributed by atoms with Gasteiger partial charge in [0.2, 0.25) is 0 Å². The molecule has 11 aromatic rings. The van der Waals surface area contributed by atoms with Crippen LogP contribution >= 0.6 is 11.3 Å². The molecular weight excluding hydrogens is 695 g/mol. The van der Waals surface area contributed by atoms with Crippen molar-refractivity contribution in [2.24, 2.45) is 0 Å². The molecule has 11 rings (SSSR count). The van der Waals surface area contributed by atoms with E-state index in [1.165, 1.54) is 97.6 Å². The molecule has 2 heteroatoms. The van der Waals surface area contributed by atoms with Gasteiger partial charge in [-0.25, -0.2) is 0 Å². The molecule has 0 bridgehead atoms. The lowest BCUT2D eigenvalue weighted by molar-refractivity contribution is 1.18. The molecule has 0 fully saturated rings. The summed E-state index contributed by atoms with van der Waals surface area (Å²) in [5, 5.41) is 5.09. The Morgan fingerprint density at radius 1 is 0.268 bits per heavy atom. The van der Waals surface area contributed by atoms with E-state index in [2.05, 4.69) is 217 Å². The average Bonchev–Trinajstić information content (AvgIpc) is 3.83. The molecule has 0 spiro atoms. The van der Waals surface area contributed by atoms with Crippen molar-refractivity contribution >= 4 is 53.3 Å². The van der Waals surface area contributed by atoms with Crippen LogP contribution in [0, 0.1) is 0 Å². The van der Waals surface area contributed by atoms with Crippen LogP contribution in [0.1, 0.15) is 0 Å². The zero-order valence-electron chi connectivity index (χ0n) is 30.6. The van der Waals surface area contributed by atoms with Crippen LogP contribution in [0.2, 0.25) is 0 Å². The Labute approximate surface area is 330 Å². The summed E-state index contributed by atoms with van der Waals surface area (Å²) in [6.07, 6.45) is 0. The summed E-state index contributed by atoms with van der Waals surface area (Å²) in [7, 11) is 0. The molecule has 0 atom stereocenters. The molecule has 0 saturated carbocycles. The van der Waals surface area contributed by atoms with Crippen molar-refractivity contribution in [3.8, 4) is 61.3 Å². The number of benzene rings is 9. The van der Waals surface area contributed by atoms with Crippen LogP contribution in [0.3, 0.4) is 0 Å². The van der Waals surface area contributed by atoms with Gasteiger partial charge in [0.05, 0.1) is 16.7 Å². The van der Waals surface area contributed by atoms with E-state index in [-0.39, 0.29) is 0 Å². The molecule has 0 aliphatic carbocycles. The number of para-hydroxylation sites is 1. The van der Waals surface area contributed by atoms with Crippen molar-refractivity contribution in [1.29, 1.82) is 0 Å². The number of aromatic nitrogens is 1. The fraction of sp³-hybridized carbons (Fsp3) is 0. The van der Waals surface area contributed by atoms with E-state index in [1.807, 2.05) is 11.3 Å². The highest BCUT2D eigenvalue weighted by molar-refractivity contribution is 7.26. The molecule has 0 amide bonds. The Bertz CT molecular complexity index is 3130. The van der Waals surface area contributed by atoms with Gasteiger partial charge in [0.25, 0.3) is 0 Å². The minimum atomic E-state index is 1.16. The minimum Gasteiger partial charge on any atom is -0.309 e. The Kier molecular flexibility index (Phi) is 7.75. The van der Waals surface area contributed by atoms with Gasteiger partial charge in [0, 0.05) is 42.1 Å². The Hall–Kier alpha value is -7.00. The SMILES string of the molecule is c1ccc(-c2ccc3c(c2)c2cc(-c4ccccc4)ccc2n3-c2ccccc2-c2ccccc2-c2cccc3c2sc2c(-c4ccccc4)cccc23)cc1. The van der Waals surface area contributed by atoms with Gasteiger partial charge >= 0.3 is 0 Å². The fourth-order valence-corrected chi connectivity index (χ4v) is 9.99. The maximum atomic E-state index is 2.48. The van der Waals surface area contributed by atoms with Crippen LogP contribution in [-0.2, 0) is 0 Å². The molecule has 9 aromatic carbocycles. The van der Waals surface area contributed by atoms with Crippen molar-refractivity contribution in [2.75, 3.05) is 0 Å². The third-order valence-electron chi connectivity index (χ3n) is 11.2. The summed E-state index contributed by atoms with van der Waals surface area (Å²) in [4.78, 5) is 0. The minimum absolute atomic E-state index is 1.16. The molecule has 56 heavy (non-hydrogen) atoms. The predicted molar refractivity (Wildman–Crippen MR) is 241 cm³/mol. The lowest BCUT2D eigenvalue weighted by atomic mass is 9.92. The number of hydrogen-bond acceptors (Lipinski definition) is 1. The van der Waals surface area contributed by atoms with Crippen LogP contribution < -0.4 is 0 Å². The predicted octanol–water partition coefficient (Wildman–Crippen LogP) is 15.5. The molecule has 2 aromatic heterocycles. The highest BCUT2D eigenvalue weighted by Gasteiger charge is 2.20. The van der Waals surface area contributed by atoms with E-state index in [9.17, 15) is 0 Å². The summed E-state index contributed by atoms with van der Waals surface area (Å²) in [5.74, 6) is 0. The Morgan fingerprint density at radius 3 is 1.27 bits per heavy atom. The average molecular weight is 730 g/mol. The fourth-order valence-electron chi connectivity index (χ4n) is 8.63. The first-order valence-corrected chi connectivity index (χ1v) is 20.0. The third-order valence-corrected chi connectivity index (χ3v) is 12.5. The number of hydrogen-bond donors (Lipinski definition) is 0. The topological polar surface area (TPSA) is 4.93 Å². The maximum absolute atomic E-state index is 2.48. The summed E-state index contributed by atoms with van der Waals surface area (Å²) in [6.45, 7) is 0. The van der Waals surface area contributed by atoms with Gasteiger partial charge in [-0.2, -0.15) is 0 Å². The van der Waals surface area contributed by atoms with Gasteiger partial charge in [-0.15, -0.1) is 11.3 Å². The molecular formula is C54H35NS. The van der Waals surface area contributed by atoms with E-state index in [4.69, 9.17) is 0 Å². The van der Waals surface area contributed by atoms with E-state index >= 15 is 0 Å². The van der Waals surface area contributed by atoms with Gasteiger partial charge in [-0.3, -0.25) is 0 Å². The molecule has 262 valence electrons. The van der Waals surface area contributed by atoms with Crippen LogP contribution in [0.25, 0.3) is 103 Å². The van der Waals surface area contributed by atoms with Gasteiger partial charge in [0.1, 0.15) is 0 Å². The molecule has 1 nitrogen and oxygen atoms in total. The first kappa shape index (κ1) is 32.4. The van der Waals surface area contributed by atoms with Gasteiger partial charge in [-0.05, 0) is 74.8 Å². The summed E-state index contributed by atoms with van der Waals surface area (Å²) in [5.41, 5.74) is 15.8. The quantitative estimate of drug-likeness (QED) is 0.161. The summed E-state index contributed by atoms with van der Waals surface area (Å²) < 4.78 is 5.12. The van der Waals surface area contributed by atoms with E-state index in [0.717, 1.165) is 5.69 Å². The second-order valence-electron chi connectivity index (χ2n) is 14.4. The zero-order chi connectivity index (χ0) is 37.0. The highest BCUT2D eigenvalue weighted by atomic mass is 32.1. The molecule has 0 N–H and O–H groups in total. The zero-order valence-corrected chi connectivity index (χ0v) is 31.4. The molecule has 0 aliphatic rings. The Morgan fingerprint density at radius 2 is 0.696 bits per heavy atom. The van der Waals surface area contributed by atoms with Gasteiger partial charge in [-0.1, -0.05) is 182 Å². The van der Waals surface area contributed by atoms with Gasteiger partial charge < -0.3 is 4.57 Å². The Balaban J connectivity index is 1.14. The van der Waals surface area contributed by atoms with Crippen LogP contribution in [0.4, 0.5) is 0 Å². The summed E-state index contributed by atoms with van der Waals surface area (Å²) in [6, 6.07) is 77.5. The first-order valence-electron chi connectivity index (χ1n) is 19.2. The van der Waals surface area contributed by atoms with Crippen molar-refractivity contribution in [1.82, 2.24) is 4.57 Å². The summed E-state index contributed by atoms with van der Waals surface area (Å²) >= 11 is 1.91. The normalized spacial score (nSPS) is 11.6. The standard InChI is InChI=1S/C54H35NS/c1-4-16-36(17-5-1)39-30-32-51-48(34-39)49-35-40(37-18-6-2-7-19-37)31-33-52(49)55(51)50-29-13-12-24-44(50)42-22-10-11-23-43(42)45-26-15-28-47-46-27-14-25-41(53(46)56-54(45)47)38-20-8-3-9-21-38/h1-35H. The number of fused-ring (bicyclic) bond motifs is 6. The molecule has 0 unspecified atom stereocenters. The van der Waals surface area contributed by atoms with E-state index in [1.54, 1.807) is 0 Å². The van der Waals surface area contributed by atoms with E-state index < -0.39 is 0 Å². The van der Waals surface area contributed by atoms with Crippen LogP contribution in [0.15, 0.2) is 212 Å². The largest absolute Gasteiger partial charge is 0.309 e. The van der Waals surface area contributed by atoms with Crippen LogP contribution in [-0.4, -0.2) is 4.57 Å². The first-order chi connectivity index (χ1) is 27.8.